The van der Waals surface area contributed by atoms with Crippen LogP contribution < -0.4 is 0 Å². The summed E-state index contributed by atoms with van der Waals surface area (Å²) < 4.78 is 43.9. The van der Waals surface area contributed by atoms with Crippen molar-refractivity contribution >= 4 is 29.9 Å². The normalized spacial score (nSPS) is 33.6. The minimum absolute atomic E-state index is 0.0710. The summed E-state index contributed by atoms with van der Waals surface area (Å²) in [5.74, 6) is -1.32. The number of methoxy groups -OCH3 is 2. The zero-order chi connectivity index (χ0) is 34.9. The summed E-state index contributed by atoms with van der Waals surface area (Å²) in [6.45, 7) is 4.02. The van der Waals surface area contributed by atoms with Crippen molar-refractivity contribution < 1.29 is 67.1 Å². The van der Waals surface area contributed by atoms with E-state index in [0.717, 1.165) is 51.5 Å². The van der Waals surface area contributed by atoms with E-state index in [4.69, 9.17) is 33.2 Å². The molecule has 5 rings (SSSR count). The maximum atomic E-state index is 12.5. The maximum absolute atomic E-state index is 12.5. The first kappa shape index (κ1) is 35.1. The second-order valence-corrected chi connectivity index (χ2v) is 13.0. The molecule has 0 amide bonds. The van der Waals surface area contributed by atoms with Crippen LogP contribution in [0.1, 0.15) is 69.9 Å². The van der Waals surface area contributed by atoms with Gasteiger partial charge in [-0.1, -0.05) is 6.92 Å². The van der Waals surface area contributed by atoms with Gasteiger partial charge in [0, 0.05) is 19.9 Å². The van der Waals surface area contributed by atoms with Gasteiger partial charge in [-0.05, 0) is 78.9 Å². The first-order valence-electron chi connectivity index (χ1n) is 15.9. The van der Waals surface area contributed by atoms with Crippen LogP contribution in [-0.2, 0) is 53.9 Å². The fourth-order valence-electron chi connectivity index (χ4n) is 8.31. The van der Waals surface area contributed by atoms with Gasteiger partial charge >= 0.3 is 29.9 Å². The third kappa shape index (κ3) is 6.86. The number of carbonyl (C=O) groups is 4. The summed E-state index contributed by atoms with van der Waals surface area (Å²) in [5.41, 5.74) is 1.12. The van der Waals surface area contributed by atoms with Crippen LogP contribution in [0.5, 0.6) is 5.75 Å². The average molecular weight is 680 g/mol. The van der Waals surface area contributed by atoms with Crippen molar-refractivity contribution in [2.24, 2.45) is 17.3 Å². The molecule has 16 heteroatoms. The van der Waals surface area contributed by atoms with Crippen LogP contribution in [0.4, 0.5) is 15.3 Å². The van der Waals surface area contributed by atoms with Gasteiger partial charge in [0.15, 0.2) is 30.4 Å². The molecule has 4 aliphatic rings. The van der Waals surface area contributed by atoms with Gasteiger partial charge in [0.2, 0.25) is 0 Å². The number of carbonyl (C=O) groups excluding carboxylic acids is 4. The van der Waals surface area contributed by atoms with Crippen molar-refractivity contribution in [3.63, 3.8) is 0 Å². The molecular formula is C32H41NO15. The van der Waals surface area contributed by atoms with Gasteiger partial charge in [0.1, 0.15) is 12.7 Å². The number of phenols is 1. The van der Waals surface area contributed by atoms with E-state index in [1.165, 1.54) is 19.1 Å². The highest BCUT2D eigenvalue weighted by atomic mass is 16.8. The molecule has 1 aliphatic heterocycles. The molecule has 0 radical (unpaired) electrons. The molecule has 0 aromatic heterocycles. The van der Waals surface area contributed by atoms with E-state index in [1.807, 2.05) is 0 Å². The Morgan fingerprint density at radius 3 is 2.27 bits per heavy atom. The zero-order valence-corrected chi connectivity index (χ0v) is 27.4. The number of nitro groups is 1. The number of esters is 2. The van der Waals surface area contributed by atoms with Crippen LogP contribution >= 0.6 is 0 Å². The number of nitrogens with zero attached hydrogens (tertiary/aromatic N) is 1. The molecular weight excluding hydrogens is 638 g/mol. The highest BCUT2D eigenvalue weighted by molar-refractivity contribution is 5.67. The predicted octanol–water partition coefficient (Wildman–Crippen LogP) is 4.06. The van der Waals surface area contributed by atoms with Crippen molar-refractivity contribution in [2.75, 3.05) is 20.8 Å². The number of hydrogen-bond donors (Lipinski definition) is 1. The lowest BCUT2D eigenvalue weighted by Crippen LogP contribution is -2.64. The molecule has 0 bridgehead atoms. The van der Waals surface area contributed by atoms with Crippen LogP contribution in [-0.4, -0.2) is 91.9 Å². The lowest BCUT2D eigenvalue weighted by molar-refractivity contribution is -0.386. The molecule has 1 saturated heterocycles. The first-order valence-corrected chi connectivity index (χ1v) is 15.9. The third-order valence-corrected chi connectivity index (χ3v) is 10.4. The van der Waals surface area contributed by atoms with E-state index < -0.39 is 78.0 Å². The second-order valence-electron chi connectivity index (χ2n) is 13.0. The number of benzene rings is 1. The third-order valence-electron chi connectivity index (χ3n) is 10.4. The number of fused-ring (bicyclic) bond motifs is 5. The van der Waals surface area contributed by atoms with E-state index in [0.29, 0.717) is 19.3 Å². The highest BCUT2D eigenvalue weighted by Gasteiger charge is 2.59. The molecule has 16 nitrogen and oxygen atoms in total. The fourth-order valence-corrected chi connectivity index (χ4v) is 8.31. The molecule has 1 N–H and O–H groups in total. The molecule has 1 aromatic carbocycles. The van der Waals surface area contributed by atoms with Crippen LogP contribution in [0.2, 0.25) is 0 Å². The van der Waals surface area contributed by atoms with Gasteiger partial charge in [0.05, 0.1) is 25.2 Å². The Hall–Kier alpha value is -4.18. The lowest BCUT2D eigenvalue weighted by Gasteiger charge is -2.51. The fraction of sp³-hybridized carbons (Fsp3) is 0.688. The van der Waals surface area contributed by atoms with Gasteiger partial charge in [0.25, 0.3) is 0 Å². The molecule has 10 atom stereocenters. The topological polar surface area (TPSA) is 205 Å². The van der Waals surface area contributed by atoms with Gasteiger partial charge in [-0.15, -0.1) is 0 Å². The van der Waals surface area contributed by atoms with Crippen LogP contribution in [0.3, 0.4) is 0 Å². The smallest absolute Gasteiger partial charge is 0.502 e. The van der Waals surface area contributed by atoms with Crippen molar-refractivity contribution in [2.45, 2.75) is 102 Å². The SMILES string of the molecule is COC(=O)OC1C(OC(C)=O)C(COC(C)=O)O[C@H](O[C@H]2CC[C@H]3[C@@H]4CCc5cc(O)c([N+](=O)[O-])cc5[C@H]4CC[C@]23C)C1OC(=O)OC. The van der Waals surface area contributed by atoms with E-state index >= 15 is 0 Å². The first-order chi connectivity index (χ1) is 22.8. The van der Waals surface area contributed by atoms with Crippen LogP contribution in [0.15, 0.2) is 12.1 Å². The van der Waals surface area contributed by atoms with E-state index in [2.05, 4.69) is 11.7 Å². The zero-order valence-electron chi connectivity index (χ0n) is 27.4. The summed E-state index contributed by atoms with van der Waals surface area (Å²) in [7, 11) is 2.16. The molecule has 3 fully saturated rings. The van der Waals surface area contributed by atoms with E-state index in [9.17, 15) is 34.4 Å². The monoisotopic (exact) mass is 679 g/mol. The minimum Gasteiger partial charge on any atom is -0.502 e. The van der Waals surface area contributed by atoms with E-state index in [1.54, 1.807) is 0 Å². The Labute approximate surface area is 276 Å². The van der Waals surface area contributed by atoms with Gasteiger partial charge in [-0.2, -0.15) is 0 Å². The van der Waals surface area contributed by atoms with Crippen molar-refractivity contribution in [3.8, 4) is 5.75 Å². The Morgan fingerprint density at radius 2 is 1.65 bits per heavy atom. The summed E-state index contributed by atoms with van der Waals surface area (Å²) in [5, 5.41) is 21.8. The molecule has 3 aliphatic carbocycles. The molecule has 0 spiro atoms. The maximum Gasteiger partial charge on any atom is 0.508 e. The number of hydrogen-bond acceptors (Lipinski definition) is 15. The minimum atomic E-state index is -1.51. The van der Waals surface area contributed by atoms with Crippen molar-refractivity contribution in [3.05, 3.63) is 33.4 Å². The average Bonchev–Trinajstić information content (AvgIpc) is 3.37. The summed E-state index contributed by atoms with van der Waals surface area (Å²) in [6.07, 6.45) is -5.44. The molecule has 1 heterocycles. The molecule has 264 valence electrons. The van der Waals surface area contributed by atoms with E-state index in [-0.39, 0.29) is 29.2 Å². The summed E-state index contributed by atoms with van der Waals surface area (Å²) >= 11 is 0. The summed E-state index contributed by atoms with van der Waals surface area (Å²) in [4.78, 5) is 59.8. The van der Waals surface area contributed by atoms with Gasteiger partial charge in [-0.3, -0.25) is 19.7 Å². The predicted molar refractivity (Wildman–Crippen MR) is 160 cm³/mol. The number of aryl methyl sites for hydroxylation is 1. The highest BCUT2D eigenvalue weighted by Crippen LogP contribution is 2.62. The van der Waals surface area contributed by atoms with Crippen molar-refractivity contribution in [1.82, 2.24) is 0 Å². The molecule has 2 saturated carbocycles. The summed E-state index contributed by atoms with van der Waals surface area (Å²) in [6, 6.07) is 3.03. The molecule has 1 aromatic rings. The van der Waals surface area contributed by atoms with Gasteiger partial charge in [-0.25, -0.2) is 9.59 Å². The number of ether oxygens (including phenoxy) is 8. The largest absolute Gasteiger partial charge is 0.508 e. The number of nitro benzene ring substituents is 1. The molecule has 48 heavy (non-hydrogen) atoms. The van der Waals surface area contributed by atoms with Crippen molar-refractivity contribution in [1.29, 1.82) is 0 Å². The number of aromatic hydroxyl groups is 1. The Kier molecular flexibility index (Phi) is 10.3. The Morgan fingerprint density at radius 1 is 0.958 bits per heavy atom. The van der Waals surface area contributed by atoms with Gasteiger partial charge < -0.3 is 43.0 Å². The number of rotatable bonds is 8. The quantitative estimate of drug-likeness (QED) is 0.178. The lowest BCUT2D eigenvalue weighted by atomic mass is 9.55. The number of phenolic OH excluding ortho intramolecular Hbond substituents is 1. The van der Waals surface area contributed by atoms with Crippen LogP contribution in [0.25, 0.3) is 0 Å². The Balaban J connectivity index is 1.44. The standard InChI is InChI=1S/C32H41NO15/c1-15(34)43-14-24-26(44-16(2)35)27(47-30(37)41-4)28(48-31(38)42-5)29(45-24)46-25-9-8-21-19-7-6-17-12-23(36)22(33(39)40)13-20(17)18(19)10-11-32(21,25)3/h12-13,18-19,21,24-29,36H,6-11,14H2,1-5H3/t18-,19+,21-,24?,25-,26?,27?,28?,29+,32-/m0/s1. The Bertz CT molecular complexity index is 1430. The second kappa shape index (κ2) is 14.1. The van der Waals surface area contributed by atoms with Crippen LogP contribution in [0, 0.1) is 27.4 Å². The molecule has 4 unspecified atom stereocenters.